The number of halogens is 3. The van der Waals surface area contributed by atoms with Gasteiger partial charge in [-0.05, 0) is 44.2 Å². The van der Waals surface area contributed by atoms with E-state index in [1.54, 1.807) is 6.07 Å². The molecule has 0 aromatic heterocycles. The van der Waals surface area contributed by atoms with Crippen molar-refractivity contribution in [2.75, 3.05) is 18.0 Å². The van der Waals surface area contributed by atoms with Gasteiger partial charge < -0.3 is 13.5 Å². The van der Waals surface area contributed by atoms with Crippen LogP contribution in [0.2, 0.25) is 0 Å². The molecule has 11 heteroatoms. The summed E-state index contributed by atoms with van der Waals surface area (Å²) in [6.45, 7) is 5.65. The van der Waals surface area contributed by atoms with Gasteiger partial charge in [0.15, 0.2) is 16.8 Å². The minimum Gasteiger partial charge on any atom is -0.453 e. The second-order valence-corrected chi connectivity index (χ2v) is 8.49. The number of aromatic nitrogens is 1. The highest BCUT2D eigenvalue weighted by Gasteiger charge is 2.48. The van der Waals surface area contributed by atoms with E-state index < -0.39 is 26.8 Å². The highest BCUT2D eigenvalue weighted by Crippen LogP contribution is 2.34. The lowest BCUT2D eigenvalue weighted by atomic mass is 10.0. The highest BCUT2D eigenvalue weighted by atomic mass is 32.2. The quantitative estimate of drug-likeness (QED) is 0.185. The number of hydrogen-bond donors (Lipinski definition) is 0. The normalized spacial score (nSPS) is 12.5. The Morgan fingerprint density at radius 1 is 1.03 bits per heavy atom. The van der Waals surface area contributed by atoms with Crippen LogP contribution >= 0.6 is 0 Å². The largest absolute Gasteiger partial charge is 0.534 e. The summed E-state index contributed by atoms with van der Waals surface area (Å²) >= 11 is 0. The van der Waals surface area contributed by atoms with E-state index in [4.69, 9.17) is 4.42 Å². The molecule has 1 aliphatic carbocycles. The summed E-state index contributed by atoms with van der Waals surface area (Å²) in [6.07, 6.45) is 0. The van der Waals surface area contributed by atoms with Crippen molar-refractivity contribution < 1.29 is 30.2 Å². The molecule has 0 amide bonds. The monoisotopic (exact) mass is 466 g/mol. The number of benzene rings is 3. The first kappa shape index (κ1) is 21.9. The Hall–Kier alpha value is -3.34. The molecular weight excluding hydrogens is 449 g/mol. The van der Waals surface area contributed by atoms with Gasteiger partial charge in [-0.25, -0.2) is 4.98 Å². The second kappa shape index (κ2) is 7.66. The summed E-state index contributed by atoms with van der Waals surface area (Å²) in [5.41, 5.74) is -3.93. The Morgan fingerprint density at radius 2 is 1.75 bits per heavy atom. The van der Waals surface area contributed by atoms with Crippen LogP contribution in [0.15, 0.2) is 51.7 Å². The van der Waals surface area contributed by atoms with Gasteiger partial charge in [0.2, 0.25) is 0 Å². The van der Waals surface area contributed by atoms with Crippen LogP contribution < -0.4 is 14.5 Å². The standard InChI is InChI=1S/C21H17F3N2O5S/c1-3-26(4-2)12-5-8-16-18(9-12)30-19-11-17(27)15-10-13(6-7-14(15)20(19)25-16)31-32(28,29)21(22,23)24/h5-11H,3-4H2,1-2H3. The van der Waals surface area contributed by atoms with Crippen LogP contribution in [0.5, 0.6) is 5.75 Å². The molecule has 0 radical (unpaired) electrons. The van der Waals surface area contributed by atoms with Gasteiger partial charge in [-0.3, -0.25) is 4.79 Å². The predicted molar refractivity (Wildman–Crippen MR) is 114 cm³/mol. The maximum absolute atomic E-state index is 12.6. The molecule has 1 aliphatic heterocycles. The third-order valence-corrected chi connectivity index (χ3v) is 6.00. The number of fused-ring (bicyclic) bond motifs is 4. The Balaban J connectivity index is 1.87. The van der Waals surface area contributed by atoms with Gasteiger partial charge >= 0.3 is 15.6 Å². The average molecular weight is 466 g/mol. The molecule has 0 saturated heterocycles. The molecule has 0 atom stereocenters. The summed E-state index contributed by atoms with van der Waals surface area (Å²) in [4.78, 5) is 19.3. The van der Waals surface area contributed by atoms with Gasteiger partial charge in [-0.2, -0.15) is 21.6 Å². The Morgan fingerprint density at radius 3 is 2.41 bits per heavy atom. The van der Waals surface area contributed by atoms with E-state index in [9.17, 15) is 26.4 Å². The third-order valence-electron chi connectivity index (χ3n) is 5.02. The third kappa shape index (κ3) is 3.72. The minimum atomic E-state index is -5.86. The van der Waals surface area contributed by atoms with Crippen molar-refractivity contribution in [1.82, 2.24) is 4.98 Å². The molecule has 2 aromatic carbocycles. The van der Waals surface area contributed by atoms with Gasteiger partial charge in [0, 0.05) is 41.7 Å². The van der Waals surface area contributed by atoms with Crippen LogP contribution in [0.4, 0.5) is 18.9 Å². The zero-order valence-electron chi connectivity index (χ0n) is 16.9. The first-order chi connectivity index (χ1) is 15.0. The summed E-state index contributed by atoms with van der Waals surface area (Å²) in [7, 11) is -5.86. The fraction of sp³-hybridized carbons (Fsp3) is 0.238. The van der Waals surface area contributed by atoms with Crippen molar-refractivity contribution in [3.63, 3.8) is 0 Å². The van der Waals surface area contributed by atoms with Gasteiger partial charge in [-0.1, -0.05) is 0 Å². The number of hydrogen-bond acceptors (Lipinski definition) is 7. The van der Waals surface area contributed by atoms with Crippen molar-refractivity contribution in [2.45, 2.75) is 19.4 Å². The summed E-state index contributed by atoms with van der Waals surface area (Å²) in [5.74, 6) is -0.434. The van der Waals surface area contributed by atoms with Gasteiger partial charge in [0.1, 0.15) is 17.0 Å². The lowest BCUT2D eigenvalue weighted by Gasteiger charge is -2.21. The Bertz CT molecular complexity index is 1460. The minimum absolute atomic E-state index is 0.0471. The zero-order chi connectivity index (χ0) is 23.3. The van der Waals surface area contributed by atoms with E-state index in [0.29, 0.717) is 22.2 Å². The number of alkyl halides is 3. The fourth-order valence-corrected chi connectivity index (χ4v) is 3.90. The SMILES string of the molecule is CCN(CC)c1ccc2nc3c4ccc(OS(=O)(=O)C(F)(F)F)cc4c(=O)cc-3oc2c1. The molecule has 0 N–H and O–H groups in total. The second-order valence-electron chi connectivity index (χ2n) is 6.95. The van der Waals surface area contributed by atoms with Crippen LogP contribution in [0, 0.1) is 0 Å². The van der Waals surface area contributed by atoms with Crippen LogP contribution in [0.1, 0.15) is 13.8 Å². The van der Waals surface area contributed by atoms with Crippen molar-refractivity contribution >= 4 is 37.7 Å². The lowest BCUT2D eigenvalue weighted by Crippen LogP contribution is -2.28. The van der Waals surface area contributed by atoms with Gasteiger partial charge in [-0.15, -0.1) is 0 Å². The molecular formula is C21H17F3N2O5S. The van der Waals surface area contributed by atoms with Gasteiger partial charge in [0.25, 0.3) is 0 Å². The van der Waals surface area contributed by atoms with E-state index in [-0.39, 0.29) is 11.1 Å². The Kier molecular flexibility index (Phi) is 5.24. The average Bonchev–Trinajstić information content (AvgIpc) is 2.72. The van der Waals surface area contributed by atoms with E-state index in [2.05, 4.69) is 14.1 Å². The molecule has 1 heterocycles. The molecule has 0 fully saturated rings. The highest BCUT2D eigenvalue weighted by molar-refractivity contribution is 7.88. The molecule has 2 aliphatic rings. The maximum Gasteiger partial charge on any atom is 0.534 e. The lowest BCUT2D eigenvalue weighted by molar-refractivity contribution is -0.0500. The van der Waals surface area contributed by atoms with Crippen molar-refractivity contribution in [3.8, 4) is 17.2 Å². The van der Waals surface area contributed by atoms with Crippen LogP contribution in [-0.4, -0.2) is 32.0 Å². The van der Waals surface area contributed by atoms with Crippen molar-refractivity contribution in [3.05, 3.63) is 52.7 Å². The van der Waals surface area contributed by atoms with E-state index in [0.717, 1.165) is 37.0 Å². The summed E-state index contributed by atoms with van der Waals surface area (Å²) in [6, 6.07) is 9.89. The molecule has 4 rings (SSSR count). The first-order valence-electron chi connectivity index (χ1n) is 9.61. The molecule has 168 valence electrons. The first-order valence-corrected chi connectivity index (χ1v) is 11.0. The zero-order valence-corrected chi connectivity index (χ0v) is 17.7. The summed E-state index contributed by atoms with van der Waals surface area (Å²) in [5, 5.41) is 0.247. The van der Waals surface area contributed by atoms with Gasteiger partial charge in [0.05, 0.1) is 0 Å². The number of rotatable bonds is 5. The van der Waals surface area contributed by atoms with Crippen LogP contribution in [0.3, 0.4) is 0 Å². The van der Waals surface area contributed by atoms with Crippen molar-refractivity contribution in [2.24, 2.45) is 0 Å². The summed E-state index contributed by atoms with van der Waals surface area (Å²) < 4.78 is 70.3. The fourth-order valence-electron chi connectivity index (χ4n) is 3.45. The maximum atomic E-state index is 12.6. The Labute approximate surface area is 180 Å². The number of anilines is 1. The van der Waals surface area contributed by atoms with Crippen molar-refractivity contribution in [1.29, 1.82) is 0 Å². The molecule has 2 aromatic rings. The smallest absolute Gasteiger partial charge is 0.453 e. The molecule has 0 bridgehead atoms. The molecule has 7 nitrogen and oxygen atoms in total. The van der Waals surface area contributed by atoms with E-state index >= 15 is 0 Å². The molecule has 32 heavy (non-hydrogen) atoms. The topological polar surface area (TPSA) is 89.7 Å². The predicted octanol–water partition coefficient (Wildman–Crippen LogP) is 4.52. The molecule has 0 saturated carbocycles. The van der Waals surface area contributed by atoms with Crippen LogP contribution in [0.25, 0.3) is 33.3 Å². The van der Waals surface area contributed by atoms with E-state index in [1.165, 1.54) is 6.07 Å². The van der Waals surface area contributed by atoms with E-state index in [1.807, 2.05) is 26.0 Å². The molecule has 0 spiro atoms. The van der Waals surface area contributed by atoms with Crippen LogP contribution in [-0.2, 0) is 10.1 Å². The number of nitrogens with zero attached hydrogens (tertiary/aromatic N) is 2. The molecule has 0 unspecified atom stereocenters.